The van der Waals surface area contributed by atoms with Crippen LogP contribution in [0.3, 0.4) is 0 Å². The fourth-order valence-corrected chi connectivity index (χ4v) is 2.93. The zero-order valence-corrected chi connectivity index (χ0v) is 10.8. The molecule has 1 atom stereocenters. The highest BCUT2D eigenvalue weighted by Crippen LogP contribution is 2.34. The number of nitrogens with zero attached hydrogens (tertiary/aromatic N) is 1. The topological polar surface area (TPSA) is 29.5 Å². The number of hydrogen-bond donors (Lipinski definition) is 0. The molecule has 0 saturated heterocycles. The third kappa shape index (κ3) is 1.88. The molecule has 1 aromatic heterocycles. The van der Waals surface area contributed by atoms with Gasteiger partial charge in [0.15, 0.2) is 6.23 Å². The van der Waals surface area contributed by atoms with Gasteiger partial charge in [-0.15, -0.1) is 11.3 Å². The van der Waals surface area contributed by atoms with Crippen LogP contribution in [0.5, 0.6) is 0 Å². The maximum absolute atomic E-state index is 11.7. The molecule has 3 nitrogen and oxygen atoms in total. The number of cyclic esters (lactones) is 1. The minimum Gasteiger partial charge on any atom is -0.438 e. The van der Waals surface area contributed by atoms with Crippen molar-refractivity contribution in [1.82, 2.24) is 0 Å². The highest BCUT2D eigenvalue weighted by molar-refractivity contribution is 7.12. The van der Waals surface area contributed by atoms with Crippen molar-refractivity contribution in [2.75, 3.05) is 4.90 Å². The molecule has 0 amide bonds. The van der Waals surface area contributed by atoms with Crippen LogP contribution in [0.2, 0.25) is 0 Å². The van der Waals surface area contributed by atoms with Gasteiger partial charge in [0.25, 0.3) is 0 Å². The molecule has 3 rings (SSSR count). The van der Waals surface area contributed by atoms with Crippen molar-refractivity contribution < 1.29 is 9.53 Å². The maximum Gasteiger partial charge on any atom is 0.352 e. The molecule has 0 aliphatic carbocycles. The lowest BCUT2D eigenvalue weighted by molar-refractivity contribution is 0.0303. The predicted molar refractivity (Wildman–Crippen MR) is 71.8 cm³/mol. The van der Waals surface area contributed by atoms with E-state index in [1.165, 1.54) is 16.9 Å². The summed E-state index contributed by atoms with van der Waals surface area (Å²) in [7, 11) is 0. The van der Waals surface area contributed by atoms with E-state index in [1.54, 1.807) is 0 Å². The molecule has 0 bridgehead atoms. The number of thiophene rings is 1. The van der Waals surface area contributed by atoms with Gasteiger partial charge in [0.1, 0.15) is 4.88 Å². The molecule has 0 saturated carbocycles. The van der Waals surface area contributed by atoms with Gasteiger partial charge >= 0.3 is 5.97 Å². The van der Waals surface area contributed by atoms with Crippen LogP contribution in [0, 0.1) is 0 Å². The number of carbonyl (C=O) groups is 1. The largest absolute Gasteiger partial charge is 0.438 e. The number of fused-ring (bicyclic) bond motifs is 1. The van der Waals surface area contributed by atoms with Crippen LogP contribution in [0.15, 0.2) is 41.8 Å². The standard InChI is InChI=1S/C14H13NO2S/c1-10-15(9-11-5-3-2-4-6-11)12-7-8-18-13(12)14(16)17-10/h2-8,10H,9H2,1H3. The van der Waals surface area contributed by atoms with E-state index in [0.717, 1.165) is 12.2 Å². The van der Waals surface area contributed by atoms with E-state index in [4.69, 9.17) is 4.74 Å². The van der Waals surface area contributed by atoms with Crippen LogP contribution in [-0.4, -0.2) is 12.2 Å². The average Bonchev–Trinajstić information content (AvgIpc) is 2.85. The first-order chi connectivity index (χ1) is 8.75. The molecule has 0 fully saturated rings. The SMILES string of the molecule is CC1OC(=O)c2sccc2N1Cc1ccccc1. The number of ether oxygens (including phenoxy) is 1. The fraction of sp³-hybridized carbons (Fsp3) is 0.214. The summed E-state index contributed by atoms with van der Waals surface area (Å²) in [4.78, 5) is 14.5. The molecule has 18 heavy (non-hydrogen) atoms. The summed E-state index contributed by atoms with van der Waals surface area (Å²) >= 11 is 1.43. The Morgan fingerprint density at radius 1 is 1.28 bits per heavy atom. The molecule has 2 heterocycles. The number of benzene rings is 1. The Labute approximate surface area is 110 Å². The lowest BCUT2D eigenvalue weighted by atomic mass is 10.2. The van der Waals surface area contributed by atoms with Gasteiger partial charge in [-0.25, -0.2) is 4.79 Å². The third-order valence-corrected chi connectivity index (χ3v) is 3.94. The molecule has 1 unspecified atom stereocenters. The van der Waals surface area contributed by atoms with Gasteiger partial charge in [-0.3, -0.25) is 0 Å². The van der Waals surface area contributed by atoms with Gasteiger partial charge in [-0.05, 0) is 23.9 Å². The third-order valence-electron chi connectivity index (χ3n) is 3.05. The highest BCUT2D eigenvalue weighted by atomic mass is 32.1. The molecule has 0 N–H and O–H groups in total. The summed E-state index contributed by atoms with van der Waals surface area (Å²) in [6.45, 7) is 2.65. The number of anilines is 1. The molecule has 0 spiro atoms. The zero-order chi connectivity index (χ0) is 12.5. The molecular formula is C14H13NO2S. The summed E-state index contributed by atoms with van der Waals surface area (Å²) < 4.78 is 5.35. The normalized spacial score (nSPS) is 18.4. The quantitative estimate of drug-likeness (QED) is 0.775. The summed E-state index contributed by atoms with van der Waals surface area (Å²) in [6, 6.07) is 12.2. The zero-order valence-electron chi connectivity index (χ0n) is 10.00. The molecular weight excluding hydrogens is 246 g/mol. The number of esters is 1. The number of carbonyl (C=O) groups excluding carboxylic acids is 1. The molecule has 1 aliphatic rings. The summed E-state index contributed by atoms with van der Waals surface area (Å²) in [5.41, 5.74) is 2.19. The van der Waals surface area contributed by atoms with Crippen molar-refractivity contribution in [1.29, 1.82) is 0 Å². The van der Waals surface area contributed by atoms with Crippen LogP contribution in [0.25, 0.3) is 0 Å². The number of rotatable bonds is 2. The van der Waals surface area contributed by atoms with Crippen LogP contribution < -0.4 is 4.90 Å². The summed E-state index contributed by atoms with van der Waals surface area (Å²) in [5.74, 6) is -0.211. The Kier molecular flexibility index (Phi) is 2.80. The monoisotopic (exact) mass is 259 g/mol. The molecule has 4 heteroatoms. The van der Waals surface area contributed by atoms with E-state index in [1.807, 2.05) is 36.6 Å². The molecule has 1 aromatic carbocycles. The summed E-state index contributed by atoms with van der Waals surface area (Å²) in [5, 5.41) is 1.93. The first-order valence-corrected chi connectivity index (χ1v) is 6.73. The van der Waals surface area contributed by atoms with Gasteiger partial charge in [0.05, 0.1) is 5.69 Å². The summed E-state index contributed by atoms with van der Waals surface area (Å²) in [6.07, 6.45) is -0.222. The Bertz CT molecular complexity index is 564. The second kappa shape index (κ2) is 4.46. The number of hydrogen-bond acceptors (Lipinski definition) is 4. The smallest absolute Gasteiger partial charge is 0.352 e. The van der Waals surface area contributed by atoms with E-state index in [9.17, 15) is 4.79 Å². The predicted octanol–water partition coefficient (Wildman–Crippen LogP) is 3.27. The lowest BCUT2D eigenvalue weighted by Crippen LogP contribution is -2.40. The van der Waals surface area contributed by atoms with Crippen LogP contribution in [-0.2, 0) is 11.3 Å². The van der Waals surface area contributed by atoms with Crippen molar-refractivity contribution in [3.63, 3.8) is 0 Å². The van der Waals surface area contributed by atoms with Crippen molar-refractivity contribution in [3.05, 3.63) is 52.2 Å². The molecule has 2 aromatic rings. The van der Waals surface area contributed by atoms with E-state index < -0.39 is 0 Å². The van der Waals surface area contributed by atoms with Crippen molar-refractivity contribution >= 4 is 23.0 Å². The Morgan fingerprint density at radius 2 is 2.06 bits per heavy atom. The van der Waals surface area contributed by atoms with Crippen molar-refractivity contribution in [2.24, 2.45) is 0 Å². The first-order valence-electron chi connectivity index (χ1n) is 5.85. The van der Waals surface area contributed by atoms with Gasteiger partial charge in [-0.2, -0.15) is 0 Å². The fourth-order valence-electron chi connectivity index (χ4n) is 2.14. The second-order valence-electron chi connectivity index (χ2n) is 4.25. The maximum atomic E-state index is 11.7. The van der Waals surface area contributed by atoms with Crippen LogP contribution in [0.1, 0.15) is 22.2 Å². The Hall–Kier alpha value is -1.81. The van der Waals surface area contributed by atoms with Gasteiger partial charge in [0, 0.05) is 6.54 Å². The second-order valence-corrected chi connectivity index (χ2v) is 5.17. The molecule has 1 aliphatic heterocycles. The van der Waals surface area contributed by atoms with E-state index in [0.29, 0.717) is 4.88 Å². The van der Waals surface area contributed by atoms with Gasteiger partial charge < -0.3 is 9.64 Å². The minimum atomic E-state index is -0.222. The highest BCUT2D eigenvalue weighted by Gasteiger charge is 2.30. The Morgan fingerprint density at radius 3 is 2.83 bits per heavy atom. The minimum absolute atomic E-state index is 0.211. The Balaban J connectivity index is 1.93. The lowest BCUT2D eigenvalue weighted by Gasteiger charge is -2.34. The van der Waals surface area contributed by atoms with Crippen molar-refractivity contribution in [2.45, 2.75) is 19.7 Å². The van der Waals surface area contributed by atoms with Crippen LogP contribution >= 0.6 is 11.3 Å². The van der Waals surface area contributed by atoms with Gasteiger partial charge in [-0.1, -0.05) is 30.3 Å². The molecule has 0 radical (unpaired) electrons. The van der Waals surface area contributed by atoms with E-state index in [2.05, 4.69) is 17.0 Å². The first kappa shape index (κ1) is 11.3. The average molecular weight is 259 g/mol. The van der Waals surface area contributed by atoms with Crippen LogP contribution in [0.4, 0.5) is 5.69 Å². The van der Waals surface area contributed by atoms with Crippen molar-refractivity contribution in [3.8, 4) is 0 Å². The van der Waals surface area contributed by atoms with E-state index in [-0.39, 0.29) is 12.2 Å². The van der Waals surface area contributed by atoms with Gasteiger partial charge in [0.2, 0.25) is 0 Å². The molecule has 92 valence electrons. The van der Waals surface area contributed by atoms with E-state index >= 15 is 0 Å².